The van der Waals surface area contributed by atoms with Gasteiger partial charge in [-0.1, -0.05) is 24.3 Å². The minimum absolute atomic E-state index is 0.127. The van der Waals surface area contributed by atoms with E-state index >= 15 is 0 Å². The summed E-state index contributed by atoms with van der Waals surface area (Å²) in [5.41, 5.74) is 3.74. The number of carboxylic acid groups (broad SMARTS) is 1. The largest absolute Gasteiger partial charge is 0.496 e. The van der Waals surface area contributed by atoms with Gasteiger partial charge in [0, 0.05) is 37.1 Å². The molecule has 7 heteroatoms. The summed E-state index contributed by atoms with van der Waals surface area (Å²) in [4.78, 5) is 14.7. The van der Waals surface area contributed by atoms with Crippen LogP contribution in [0.1, 0.15) is 17.2 Å². The number of carbonyl (C=O) groups is 1. The molecule has 1 heterocycles. The zero-order chi connectivity index (χ0) is 20.6. The van der Waals surface area contributed by atoms with Crippen LogP contribution in [0, 0.1) is 5.82 Å². The summed E-state index contributed by atoms with van der Waals surface area (Å²) in [5.74, 6) is 0.125. The van der Waals surface area contributed by atoms with E-state index in [1.807, 2.05) is 36.4 Å². The molecule has 3 N–H and O–H groups in total. The normalized spacial score (nSPS) is 11.7. The van der Waals surface area contributed by atoms with Crippen LogP contribution in [-0.4, -0.2) is 36.4 Å². The first-order valence-electron chi connectivity index (χ1n) is 9.12. The SMILES string of the molecule is COc1cc(F)ccc1-c1ccc([C@@H](NCCNC(=O)O)c2ccncc2)cc1. The Kier molecular flexibility index (Phi) is 6.76. The minimum atomic E-state index is -1.05. The highest BCUT2D eigenvalue weighted by Crippen LogP contribution is 2.32. The van der Waals surface area contributed by atoms with Crippen LogP contribution in [0.15, 0.2) is 67.0 Å². The second kappa shape index (κ2) is 9.66. The number of nitrogens with zero attached hydrogens (tertiary/aromatic N) is 1. The van der Waals surface area contributed by atoms with E-state index < -0.39 is 6.09 Å². The van der Waals surface area contributed by atoms with E-state index in [4.69, 9.17) is 9.84 Å². The lowest BCUT2D eigenvalue weighted by Crippen LogP contribution is -2.33. The number of rotatable bonds is 8. The molecule has 1 amide bonds. The van der Waals surface area contributed by atoms with E-state index in [-0.39, 0.29) is 11.9 Å². The quantitative estimate of drug-likeness (QED) is 0.505. The van der Waals surface area contributed by atoms with Gasteiger partial charge in [0.2, 0.25) is 0 Å². The Labute approximate surface area is 168 Å². The molecule has 0 radical (unpaired) electrons. The zero-order valence-corrected chi connectivity index (χ0v) is 15.9. The van der Waals surface area contributed by atoms with Gasteiger partial charge >= 0.3 is 6.09 Å². The van der Waals surface area contributed by atoms with E-state index in [1.165, 1.54) is 19.2 Å². The number of aromatic nitrogens is 1. The molecule has 0 fully saturated rings. The van der Waals surface area contributed by atoms with Crippen LogP contribution in [-0.2, 0) is 0 Å². The molecule has 0 unspecified atom stereocenters. The molecule has 0 aliphatic carbocycles. The van der Waals surface area contributed by atoms with Gasteiger partial charge in [0.25, 0.3) is 0 Å². The maximum atomic E-state index is 13.5. The number of nitrogens with one attached hydrogen (secondary N) is 2. The molecular weight excluding hydrogens is 373 g/mol. The highest BCUT2D eigenvalue weighted by atomic mass is 19.1. The first-order valence-corrected chi connectivity index (χ1v) is 9.12. The number of halogens is 1. The van der Waals surface area contributed by atoms with Crippen LogP contribution < -0.4 is 15.4 Å². The van der Waals surface area contributed by atoms with Crippen molar-refractivity contribution in [1.29, 1.82) is 0 Å². The topological polar surface area (TPSA) is 83.5 Å². The number of methoxy groups -OCH3 is 1. The van der Waals surface area contributed by atoms with Crippen LogP contribution >= 0.6 is 0 Å². The lowest BCUT2D eigenvalue weighted by molar-refractivity contribution is 0.194. The number of amides is 1. The number of benzene rings is 2. The standard InChI is InChI=1S/C22H22FN3O3/c1-29-20-14-18(23)6-7-19(20)15-2-4-16(5-3-15)21(17-8-10-24-11-9-17)25-12-13-26-22(27)28/h2-11,14,21,25-26H,12-13H2,1H3,(H,27,28)/t21-/m1/s1. The van der Waals surface area contributed by atoms with Gasteiger partial charge in [0.05, 0.1) is 13.2 Å². The fraction of sp³-hybridized carbons (Fsp3) is 0.182. The molecule has 0 aliphatic heterocycles. The summed E-state index contributed by atoms with van der Waals surface area (Å²) < 4.78 is 18.8. The monoisotopic (exact) mass is 395 g/mol. The molecule has 0 aliphatic rings. The van der Waals surface area contributed by atoms with Crippen molar-refractivity contribution in [3.05, 3.63) is 83.9 Å². The highest BCUT2D eigenvalue weighted by molar-refractivity contribution is 5.70. The minimum Gasteiger partial charge on any atom is -0.496 e. The third kappa shape index (κ3) is 5.30. The fourth-order valence-corrected chi connectivity index (χ4v) is 3.13. The summed E-state index contributed by atoms with van der Waals surface area (Å²) >= 11 is 0. The van der Waals surface area contributed by atoms with Crippen LogP contribution in [0.25, 0.3) is 11.1 Å². The molecule has 0 saturated heterocycles. The number of hydrogen-bond donors (Lipinski definition) is 3. The third-order valence-electron chi connectivity index (χ3n) is 4.51. The van der Waals surface area contributed by atoms with E-state index in [2.05, 4.69) is 15.6 Å². The van der Waals surface area contributed by atoms with Crippen LogP contribution in [0.2, 0.25) is 0 Å². The van der Waals surface area contributed by atoms with E-state index in [9.17, 15) is 9.18 Å². The summed E-state index contributed by atoms with van der Waals surface area (Å²) in [7, 11) is 1.52. The van der Waals surface area contributed by atoms with Gasteiger partial charge in [0.1, 0.15) is 11.6 Å². The van der Waals surface area contributed by atoms with E-state index in [1.54, 1.807) is 18.5 Å². The maximum Gasteiger partial charge on any atom is 0.404 e. The zero-order valence-electron chi connectivity index (χ0n) is 15.9. The van der Waals surface area contributed by atoms with Crippen molar-refractivity contribution < 1.29 is 19.0 Å². The summed E-state index contributed by atoms with van der Waals surface area (Å²) in [6, 6.07) is 16.0. The van der Waals surface area contributed by atoms with Crippen molar-refractivity contribution in [3.63, 3.8) is 0 Å². The average molecular weight is 395 g/mol. The van der Waals surface area contributed by atoms with Crippen molar-refractivity contribution in [2.24, 2.45) is 0 Å². The lowest BCUT2D eigenvalue weighted by Gasteiger charge is -2.20. The molecular formula is C22H22FN3O3. The Bertz CT molecular complexity index is 949. The molecule has 29 heavy (non-hydrogen) atoms. The molecule has 0 saturated carbocycles. The first kappa shape index (κ1) is 20.3. The lowest BCUT2D eigenvalue weighted by atomic mass is 9.96. The van der Waals surface area contributed by atoms with Gasteiger partial charge in [-0.2, -0.15) is 0 Å². The van der Waals surface area contributed by atoms with Crippen LogP contribution in [0.4, 0.5) is 9.18 Å². The van der Waals surface area contributed by atoms with Gasteiger partial charge < -0.3 is 20.5 Å². The fourth-order valence-electron chi connectivity index (χ4n) is 3.13. The van der Waals surface area contributed by atoms with Gasteiger partial charge in [0.15, 0.2) is 0 Å². The second-order valence-electron chi connectivity index (χ2n) is 6.37. The third-order valence-corrected chi connectivity index (χ3v) is 4.51. The van der Waals surface area contributed by atoms with Crippen molar-refractivity contribution >= 4 is 6.09 Å². The van der Waals surface area contributed by atoms with Crippen molar-refractivity contribution in [3.8, 4) is 16.9 Å². The van der Waals surface area contributed by atoms with Crippen molar-refractivity contribution in [2.45, 2.75) is 6.04 Å². The Morgan fingerprint density at radius 3 is 2.41 bits per heavy atom. The predicted molar refractivity (Wildman–Crippen MR) is 108 cm³/mol. The molecule has 6 nitrogen and oxygen atoms in total. The second-order valence-corrected chi connectivity index (χ2v) is 6.37. The highest BCUT2D eigenvalue weighted by Gasteiger charge is 2.14. The van der Waals surface area contributed by atoms with Gasteiger partial charge in [-0.05, 0) is 41.0 Å². The molecule has 3 aromatic rings. The Morgan fingerprint density at radius 1 is 1.07 bits per heavy atom. The number of hydrogen-bond acceptors (Lipinski definition) is 4. The van der Waals surface area contributed by atoms with Gasteiger partial charge in [-0.15, -0.1) is 0 Å². The Morgan fingerprint density at radius 2 is 1.76 bits per heavy atom. The molecule has 1 atom stereocenters. The van der Waals surface area contributed by atoms with Crippen LogP contribution in [0.5, 0.6) is 5.75 Å². The average Bonchev–Trinajstić information content (AvgIpc) is 2.74. The Hall–Kier alpha value is -3.45. The molecule has 150 valence electrons. The smallest absolute Gasteiger partial charge is 0.404 e. The van der Waals surface area contributed by atoms with Crippen molar-refractivity contribution in [1.82, 2.24) is 15.6 Å². The molecule has 0 spiro atoms. The van der Waals surface area contributed by atoms with Crippen LogP contribution in [0.3, 0.4) is 0 Å². The first-order chi connectivity index (χ1) is 14.1. The predicted octanol–water partition coefficient (Wildman–Crippen LogP) is 3.84. The summed E-state index contributed by atoms with van der Waals surface area (Å²) in [6.45, 7) is 0.759. The summed E-state index contributed by atoms with van der Waals surface area (Å²) in [5, 5.41) is 14.4. The maximum absolute atomic E-state index is 13.5. The molecule has 3 rings (SSSR count). The summed E-state index contributed by atoms with van der Waals surface area (Å²) in [6.07, 6.45) is 2.39. The Balaban J connectivity index is 1.84. The van der Waals surface area contributed by atoms with Gasteiger partial charge in [-0.25, -0.2) is 9.18 Å². The van der Waals surface area contributed by atoms with E-state index in [0.717, 1.165) is 22.3 Å². The molecule has 0 bridgehead atoms. The van der Waals surface area contributed by atoms with Gasteiger partial charge in [-0.3, -0.25) is 4.98 Å². The molecule has 2 aromatic carbocycles. The number of ether oxygens (including phenoxy) is 1. The molecule has 1 aromatic heterocycles. The van der Waals surface area contributed by atoms with E-state index in [0.29, 0.717) is 18.8 Å². The van der Waals surface area contributed by atoms with Crippen molar-refractivity contribution in [2.75, 3.05) is 20.2 Å². The number of pyridine rings is 1.